The Morgan fingerprint density at radius 1 is 1.50 bits per heavy atom. The van der Waals surface area contributed by atoms with Gasteiger partial charge in [-0.05, 0) is 18.6 Å². The molecule has 7 nitrogen and oxygen atoms in total. The lowest BCUT2D eigenvalue weighted by Gasteiger charge is -2.15. The molecule has 18 heavy (non-hydrogen) atoms. The number of nitro benzene ring substituents is 1. The number of aliphatic hydroxyl groups excluding tert-OH is 1. The number of nitrogens with two attached hydrogens (primary N) is 1. The Labute approximate surface area is 105 Å². The van der Waals surface area contributed by atoms with Gasteiger partial charge < -0.3 is 21.5 Å². The Kier molecular flexibility index (Phi) is 4.33. The van der Waals surface area contributed by atoms with Crippen molar-refractivity contribution in [2.75, 3.05) is 30.5 Å². The van der Waals surface area contributed by atoms with Crippen LogP contribution in [0.25, 0.3) is 0 Å². The second-order valence-electron chi connectivity index (χ2n) is 4.03. The fourth-order valence-corrected chi connectivity index (χ4v) is 1.86. The number of nitro groups is 1. The van der Waals surface area contributed by atoms with Crippen molar-refractivity contribution in [2.24, 2.45) is 0 Å². The van der Waals surface area contributed by atoms with Crippen LogP contribution < -0.4 is 16.4 Å². The molecule has 7 heteroatoms. The van der Waals surface area contributed by atoms with Crippen LogP contribution in [0.4, 0.5) is 22.7 Å². The summed E-state index contributed by atoms with van der Waals surface area (Å²) in [5.74, 6) is 0. The fourth-order valence-electron chi connectivity index (χ4n) is 1.86. The van der Waals surface area contributed by atoms with E-state index in [1.54, 1.807) is 27.1 Å². The monoisotopic (exact) mass is 254 g/mol. The van der Waals surface area contributed by atoms with E-state index in [2.05, 4.69) is 10.6 Å². The fraction of sp³-hybridized carbons (Fsp3) is 0.455. The first-order chi connectivity index (χ1) is 8.42. The number of hydrogen-bond donors (Lipinski definition) is 4. The Hall–Kier alpha value is -2.02. The Bertz CT molecular complexity index is 460. The van der Waals surface area contributed by atoms with Crippen molar-refractivity contribution in [1.82, 2.24) is 0 Å². The van der Waals surface area contributed by atoms with Crippen molar-refractivity contribution >= 4 is 22.7 Å². The van der Waals surface area contributed by atoms with E-state index in [9.17, 15) is 15.2 Å². The molecule has 1 unspecified atom stereocenters. The molecule has 5 N–H and O–H groups in total. The lowest BCUT2D eigenvalue weighted by Crippen LogP contribution is -2.11. The van der Waals surface area contributed by atoms with Crippen molar-refractivity contribution in [1.29, 1.82) is 0 Å². The Morgan fingerprint density at radius 2 is 2.11 bits per heavy atom. The van der Waals surface area contributed by atoms with Gasteiger partial charge in [0, 0.05) is 20.5 Å². The van der Waals surface area contributed by atoms with Gasteiger partial charge in [-0.3, -0.25) is 10.1 Å². The highest BCUT2D eigenvalue weighted by atomic mass is 16.6. The molecule has 0 saturated carbocycles. The van der Waals surface area contributed by atoms with Crippen LogP contribution in [0, 0.1) is 10.1 Å². The van der Waals surface area contributed by atoms with Gasteiger partial charge in [-0.15, -0.1) is 0 Å². The highest BCUT2D eigenvalue weighted by molar-refractivity contribution is 5.87. The van der Waals surface area contributed by atoms with Crippen LogP contribution in [0.2, 0.25) is 0 Å². The van der Waals surface area contributed by atoms with E-state index in [1.165, 1.54) is 0 Å². The highest BCUT2D eigenvalue weighted by Crippen LogP contribution is 2.40. The zero-order valence-corrected chi connectivity index (χ0v) is 10.7. The molecular formula is C11H18N4O3. The molecular weight excluding hydrogens is 236 g/mol. The molecule has 0 aliphatic heterocycles. The maximum Gasteiger partial charge on any atom is 0.317 e. The molecule has 0 aromatic heterocycles. The summed E-state index contributed by atoms with van der Waals surface area (Å²) < 4.78 is 0. The van der Waals surface area contributed by atoms with E-state index in [1.807, 2.05) is 0 Å². The summed E-state index contributed by atoms with van der Waals surface area (Å²) in [6.07, 6.45) is -0.226. The van der Waals surface area contributed by atoms with Crippen LogP contribution in [0.1, 0.15) is 12.5 Å². The summed E-state index contributed by atoms with van der Waals surface area (Å²) in [5, 5.41) is 26.0. The molecule has 0 radical (unpaired) electrons. The average Bonchev–Trinajstić information content (AvgIpc) is 2.29. The lowest BCUT2D eigenvalue weighted by molar-refractivity contribution is -0.383. The van der Waals surface area contributed by atoms with E-state index in [4.69, 9.17) is 5.73 Å². The Balaban J connectivity index is 3.47. The number of anilines is 3. The standard InChI is InChI=1S/C11H18N4O3/c1-6(16)4-7-5-8(13-2)11(15(17)18)10(14-3)9(7)12/h5-6,13-14,16H,4,12H2,1-3H3. The number of hydrogen-bond acceptors (Lipinski definition) is 6. The molecule has 0 saturated heterocycles. The molecule has 0 spiro atoms. The van der Waals surface area contributed by atoms with Gasteiger partial charge in [-0.2, -0.15) is 0 Å². The third kappa shape index (κ3) is 2.62. The number of aliphatic hydroxyl groups is 1. The van der Waals surface area contributed by atoms with Crippen LogP contribution >= 0.6 is 0 Å². The van der Waals surface area contributed by atoms with Crippen LogP contribution in [0.5, 0.6) is 0 Å². The largest absolute Gasteiger partial charge is 0.397 e. The maximum absolute atomic E-state index is 11.1. The normalized spacial score (nSPS) is 12.0. The molecule has 100 valence electrons. The molecule has 0 aliphatic carbocycles. The number of nitrogen functional groups attached to an aromatic ring is 1. The van der Waals surface area contributed by atoms with Crippen molar-refractivity contribution < 1.29 is 10.0 Å². The molecule has 1 aromatic carbocycles. The first kappa shape index (κ1) is 14.0. The van der Waals surface area contributed by atoms with Crippen LogP contribution in [-0.4, -0.2) is 30.2 Å². The predicted molar refractivity (Wildman–Crippen MR) is 72.0 cm³/mol. The summed E-state index contributed by atoms with van der Waals surface area (Å²) in [4.78, 5) is 10.6. The van der Waals surface area contributed by atoms with Gasteiger partial charge in [0.25, 0.3) is 0 Å². The van der Waals surface area contributed by atoms with E-state index in [0.29, 0.717) is 23.4 Å². The minimum atomic E-state index is -0.567. The zero-order chi connectivity index (χ0) is 13.9. The second kappa shape index (κ2) is 5.54. The third-order valence-corrected chi connectivity index (χ3v) is 2.64. The van der Waals surface area contributed by atoms with Crippen molar-refractivity contribution in [3.05, 3.63) is 21.7 Å². The van der Waals surface area contributed by atoms with Crippen molar-refractivity contribution in [3.63, 3.8) is 0 Å². The molecule has 1 rings (SSSR count). The lowest BCUT2D eigenvalue weighted by atomic mass is 10.0. The summed E-state index contributed by atoms with van der Waals surface area (Å²) in [6, 6.07) is 1.60. The molecule has 0 amide bonds. The molecule has 0 bridgehead atoms. The summed E-state index contributed by atoms with van der Waals surface area (Å²) in [6.45, 7) is 1.64. The van der Waals surface area contributed by atoms with Gasteiger partial charge in [0.05, 0.1) is 16.7 Å². The van der Waals surface area contributed by atoms with Gasteiger partial charge in [0.2, 0.25) is 0 Å². The van der Waals surface area contributed by atoms with Crippen LogP contribution in [0.15, 0.2) is 6.07 Å². The smallest absolute Gasteiger partial charge is 0.317 e. The van der Waals surface area contributed by atoms with Gasteiger partial charge >= 0.3 is 5.69 Å². The van der Waals surface area contributed by atoms with Crippen LogP contribution in [-0.2, 0) is 6.42 Å². The highest BCUT2D eigenvalue weighted by Gasteiger charge is 2.24. The third-order valence-electron chi connectivity index (χ3n) is 2.64. The molecule has 0 fully saturated rings. The van der Waals surface area contributed by atoms with Gasteiger partial charge in [-0.1, -0.05) is 0 Å². The number of nitrogens with one attached hydrogen (secondary N) is 2. The summed E-state index contributed by atoms with van der Waals surface area (Å²) in [5.41, 5.74) is 7.41. The first-order valence-electron chi connectivity index (χ1n) is 5.55. The van der Waals surface area contributed by atoms with E-state index >= 15 is 0 Å². The minimum absolute atomic E-state index is 0.0909. The first-order valence-corrected chi connectivity index (χ1v) is 5.55. The van der Waals surface area contributed by atoms with Gasteiger partial charge in [-0.25, -0.2) is 0 Å². The SMILES string of the molecule is CNc1cc(CC(C)O)c(N)c(NC)c1[N+](=O)[O-]. The van der Waals surface area contributed by atoms with Gasteiger partial charge in [0.1, 0.15) is 11.4 Å². The number of benzene rings is 1. The quantitative estimate of drug-likeness (QED) is 0.356. The second-order valence-corrected chi connectivity index (χ2v) is 4.03. The van der Waals surface area contributed by atoms with E-state index in [0.717, 1.165) is 0 Å². The topological polar surface area (TPSA) is 113 Å². The summed E-state index contributed by atoms with van der Waals surface area (Å²) >= 11 is 0. The Morgan fingerprint density at radius 3 is 2.50 bits per heavy atom. The van der Waals surface area contributed by atoms with E-state index < -0.39 is 11.0 Å². The molecule has 0 aliphatic rings. The van der Waals surface area contributed by atoms with Crippen molar-refractivity contribution in [3.8, 4) is 0 Å². The van der Waals surface area contributed by atoms with Crippen LogP contribution in [0.3, 0.4) is 0 Å². The van der Waals surface area contributed by atoms with Crippen molar-refractivity contribution in [2.45, 2.75) is 19.4 Å². The average molecular weight is 254 g/mol. The molecule has 0 heterocycles. The number of nitrogens with zero attached hydrogens (tertiary/aromatic N) is 1. The van der Waals surface area contributed by atoms with E-state index in [-0.39, 0.29) is 11.4 Å². The van der Waals surface area contributed by atoms with Gasteiger partial charge in [0.15, 0.2) is 0 Å². The predicted octanol–water partition coefficient (Wildman–Crippen LogP) is 1.18. The molecule has 1 aromatic rings. The maximum atomic E-state index is 11.1. The number of rotatable bonds is 5. The summed E-state index contributed by atoms with van der Waals surface area (Å²) in [7, 11) is 3.18. The zero-order valence-electron chi connectivity index (χ0n) is 10.7. The molecule has 1 atom stereocenters. The minimum Gasteiger partial charge on any atom is -0.397 e.